The molecule has 1 atom stereocenters. The summed E-state index contributed by atoms with van der Waals surface area (Å²) in [5.41, 5.74) is 8.47. The molecule has 0 aliphatic heterocycles. The van der Waals surface area contributed by atoms with Crippen molar-refractivity contribution >= 4 is 0 Å². The van der Waals surface area contributed by atoms with E-state index < -0.39 is 0 Å². The average Bonchev–Trinajstić information content (AvgIpc) is 2.87. The first-order valence-corrected chi connectivity index (χ1v) is 6.41. The third-order valence-corrected chi connectivity index (χ3v) is 3.61. The lowest BCUT2D eigenvalue weighted by atomic mass is 9.83. The minimum absolute atomic E-state index is 0.418. The highest BCUT2D eigenvalue weighted by Crippen LogP contribution is 2.31. The number of benzene rings is 1. The number of nitrogens with zero attached hydrogens (tertiary/aromatic N) is 4. The SMILES string of the molecule is NCCn1nnnc1C1CCc2ccccc2C1. The van der Waals surface area contributed by atoms with Crippen LogP contribution in [0.2, 0.25) is 0 Å². The van der Waals surface area contributed by atoms with Crippen LogP contribution in [0.25, 0.3) is 0 Å². The Morgan fingerprint density at radius 1 is 1.28 bits per heavy atom. The minimum atomic E-state index is 0.418. The molecule has 18 heavy (non-hydrogen) atoms. The van der Waals surface area contributed by atoms with Crippen molar-refractivity contribution in [3.05, 3.63) is 41.2 Å². The molecule has 5 heteroatoms. The van der Waals surface area contributed by atoms with Crippen molar-refractivity contribution < 1.29 is 0 Å². The molecule has 0 radical (unpaired) electrons. The van der Waals surface area contributed by atoms with Crippen LogP contribution in [0.5, 0.6) is 0 Å². The van der Waals surface area contributed by atoms with Crippen LogP contribution in [0.1, 0.15) is 29.3 Å². The van der Waals surface area contributed by atoms with Gasteiger partial charge in [-0.3, -0.25) is 0 Å². The Hall–Kier alpha value is -1.75. The summed E-state index contributed by atoms with van der Waals surface area (Å²) >= 11 is 0. The number of fused-ring (bicyclic) bond motifs is 1. The van der Waals surface area contributed by atoms with Gasteiger partial charge in [-0.25, -0.2) is 4.68 Å². The second-order valence-electron chi connectivity index (χ2n) is 4.76. The second kappa shape index (κ2) is 4.86. The molecule has 94 valence electrons. The molecule has 0 saturated carbocycles. The van der Waals surface area contributed by atoms with Gasteiger partial charge in [0.2, 0.25) is 0 Å². The second-order valence-corrected chi connectivity index (χ2v) is 4.76. The summed E-state index contributed by atoms with van der Waals surface area (Å²) < 4.78 is 1.85. The van der Waals surface area contributed by atoms with E-state index in [1.54, 1.807) is 0 Å². The first-order valence-electron chi connectivity index (χ1n) is 6.41. The van der Waals surface area contributed by atoms with Crippen molar-refractivity contribution in [3.63, 3.8) is 0 Å². The molecule has 1 aromatic heterocycles. The molecule has 2 N–H and O–H groups in total. The molecule has 3 rings (SSSR count). The number of hydrogen-bond acceptors (Lipinski definition) is 4. The Balaban J connectivity index is 1.85. The van der Waals surface area contributed by atoms with Gasteiger partial charge in [-0.2, -0.15) is 0 Å². The molecule has 1 aliphatic rings. The van der Waals surface area contributed by atoms with E-state index in [9.17, 15) is 0 Å². The van der Waals surface area contributed by atoms with Gasteiger partial charge in [0.15, 0.2) is 5.82 Å². The third kappa shape index (κ3) is 2.01. The smallest absolute Gasteiger partial charge is 0.154 e. The van der Waals surface area contributed by atoms with Crippen LogP contribution < -0.4 is 5.73 Å². The van der Waals surface area contributed by atoms with E-state index in [-0.39, 0.29) is 0 Å². The molecule has 1 aliphatic carbocycles. The number of aryl methyl sites for hydroxylation is 1. The zero-order valence-corrected chi connectivity index (χ0v) is 10.3. The van der Waals surface area contributed by atoms with Crippen molar-refractivity contribution in [2.45, 2.75) is 31.7 Å². The van der Waals surface area contributed by atoms with E-state index in [1.165, 1.54) is 11.1 Å². The topological polar surface area (TPSA) is 69.6 Å². The Kier molecular flexibility index (Phi) is 3.06. The molecule has 1 unspecified atom stereocenters. The molecule has 1 heterocycles. The maximum absolute atomic E-state index is 5.58. The van der Waals surface area contributed by atoms with Gasteiger partial charge < -0.3 is 5.73 Å². The van der Waals surface area contributed by atoms with E-state index in [4.69, 9.17) is 5.73 Å². The van der Waals surface area contributed by atoms with Crippen molar-refractivity contribution in [1.82, 2.24) is 20.2 Å². The van der Waals surface area contributed by atoms with Crippen LogP contribution >= 0.6 is 0 Å². The first kappa shape index (κ1) is 11.3. The molecule has 5 nitrogen and oxygen atoms in total. The van der Waals surface area contributed by atoms with Gasteiger partial charge in [0.05, 0.1) is 6.54 Å². The van der Waals surface area contributed by atoms with Crippen molar-refractivity contribution in [3.8, 4) is 0 Å². The number of aromatic nitrogens is 4. The van der Waals surface area contributed by atoms with Crippen molar-refractivity contribution in [2.75, 3.05) is 6.54 Å². The fourth-order valence-corrected chi connectivity index (χ4v) is 2.70. The molecular weight excluding hydrogens is 226 g/mol. The summed E-state index contributed by atoms with van der Waals surface area (Å²) in [6, 6.07) is 8.63. The van der Waals surface area contributed by atoms with E-state index in [0.29, 0.717) is 19.0 Å². The third-order valence-electron chi connectivity index (χ3n) is 3.61. The molecule has 0 spiro atoms. The molecule has 0 fully saturated rings. The number of hydrogen-bond donors (Lipinski definition) is 1. The Labute approximate surface area is 106 Å². The highest BCUT2D eigenvalue weighted by Gasteiger charge is 2.24. The standard InChI is InChI=1S/C13H17N5/c14-7-8-18-13(15-16-17-18)12-6-5-10-3-1-2-4-11(10)9-12/h1-4,12H,5-9,14H2. The van der Waals surface area contributed by atoms with Crippen molar-refractivity contribution in [2.24, 2.45) is 5.73 Å². The fourth-order valence-electron chi connectivity index (χ4n) is 2.70. The van der Waals surface area contributed by atoms with Gasteiger partial charge in [-0.1, -0.05) is 24.3 Å². The fraction of sp³-hybridized carbons (Fsp3) is 0.462. The normalized spacial score (nSPS) is 18.6. The summed E-state index contributed by atoms with van der Waals surface area (Å²) in [6.07, 6.45) is 3.25. The minimum Gasteiger partial charge on any atom is -0.329 e. The summed E-state index contributed by atoms with van der Waals surface area (Å²) in [7, 11) is 0. The van der Waals surface area contributed by atoms with Crippen LogP contribution in [-0.2, 0) is 19.4 Å². The van der Waals surface area contributed by atoms with E-state index in [2.05, 4.69) is 39.8 Å². The Bertz CT molecular complexity index is 534. The van der Waals surface area contributed by atoms with Crippen LogP contribution in [0.3, 0.4) is 0 Å². The zero-order valence-electron chi connectivity index (χ0n) is 10.3. The zero-order chi connectivity index (χ0) is 12.4. The number of nitrogens with two attached hydrogens (primary N) is 1. The maximum Gasteiger partial charge on any atom is 0.154 e. The maximum atomic E-state index is 5.58. The van der Waals surface area contributed by atoms with Crippen LogP contribution in [0.15, 0.2) is 24.3 Å². The molecule has 2 aromatic rings. The number of tetrazole rings is 1. The Morgan fingerprint density at radius 3 is 2.94 bits per heavy atom. The van der Waals surface area contributed by atoms with E-state index in [1.807, 2.05) is 4.68 Å². The molecule has 0 amide bonds. The highest BCUT2D eigenvalue weighted by atomic mass is 15.5. The summed E-state index contributed by atoms with van der Waals surface area (Å²) in [5, 5.41) is 12.0. The molecular formula is C13H17N5. The van der Waals surface area contributed by atoms with Crippen LogP contribution in [-0.4, -0.2) is 26.8 Å². The largest absolute Gasteiger partial charge is 0.329 e. The number of rotatable bonds is 3. The molecule has 0 saturated heterocycles. The van der Waals surface area contributed by atoms with Gasteiger partial charge in [-0.15, -0.1) is 5.10 Å². The summed E-state index contributed by atoms with van der Waals surface area (Å²) in [6.45, 7) is 1.27. The van der Waals surface area contributed by atoms with Gasteiger partial charge in [0.25, 0.3) is 0 Å². The van der Waals surface area contributed by atoms with E-state index in [0.717, 1.165) is 25.1 Å². The first-order chi connectivity index (χ1) is 8.88. The van der Waals surface area contributed by atoms with Crippen LogP contribution in [0.4, 0.5) is 0 Å². The lowest BCUT2D eigenvalue weighted by Crippen LogP contribution is -2.20. The van der Waals surface area contributed by atoms with Crippen LogP contribution in [0, 0.1) is 0 Å². The lowest BCUT2D eigenvalue weighted by Gasteiger charge is -2.23. The summed E-state index contributed by atoms with van der Waals surface area (Å²) in [5.74, 6) is 1.40. The van der Waals surface area contributed by atoms with Gasteiger partial charge >= 0.3 is 0 Å². The predicted molar refractivity (Wildman–Crippen MR) is 68.1 cm³/mol. The van der Waals surface area contributed by atoms with E-state index >= 15 is 0 Å². The quantitative estimate of drug-likeness (QED) is 0.869. The molecule has 0 bridgehead atoms. The monoisotopic (exact) mass is 243 g/mol. The summed E-state index contributed by atoms with van der Waals surface area (Å²) in [4.78, 5) is 0. The average molecular weight is 243 g/mol. The van der Waals surface area contributed by atoms with Crippen molar-refractivity contribution in [1.29, 1.82) is 0 Å². The van der Waals surface area contributed by atoms with Gasteiger partial charge in [0, 0.05) is 12.5 Å². The van der Waals surface area contributed by atoms with Gasteiger partial charge in [-0.05, 0) is 40.8 Å². The lowest BCUT2D eigenvalue weighted by molar-refractivity contribution is 0.494. The predicted octanol–water partition coefficient (Wildman–Crippen LogP) is 0.904. The Morgan fingerprint density at radius 2 is 2.11 bits per heavy atom. The highest BCUT2D eigenvalue weighted by molar-refractivity contribution is 5.31. The molecule has 1 aromatic carbocycles. The van der Waals surface area contributed by atoms with Gasteiger partial charge in [0.1, 0.15) is 0 Å².